The predicted molar refractivity (Wildman–Crippen MR) is 77.6 cm³/mol. The Balaban J connectivity index is 1.62. The number of nitrogens with zero attached hydrogens (tertiary/aromatic N) is 2. The fourth-order valence-electron chi connectivity index (χ4n) is 4.08. The smallest absolute Gasteiger partial charge is 0.269 e. The highest BCUT2D eigenvalue weighted by molar-refractivity contribution is 6.06. The maximum atomic E-state index is 12.6. The number of fused-ring (bicyclic) bond motifs is 5. The fraction of sp³-hybridized carbons (Fsp3) is 0.375. The van der Waals surface area contributed by atoms with Gasteiger partial charge in [-0.1, -0.05) is 12.2 Å². The van der Waals surface area contributed by atoms with Crippen molar-refractivity contribution >= 4 is 17.5 Å². The first-order valence-electron chi connectivity index (χ1n) is 7.46. The van der Waals surface area contributed by atoms with Gasteiger partial charge in [0, 0.05) is 17.7 Å². The molecule has 5 atom stereocenters. The van der Waals surface area contributed by atoms with Gasteiger partial charge in [0.2, 0.25) is 11.8 Å². The SMILES string of the molecule is O=C1C2C3C=CC(C3)C2C(=O)N1C(O)c1ccc([N+](=O)[O-])cc1. The molecule has 1 aromatic rings. The molecule has 1 aliphatic heterocycles. The van der Waals surface area contributed by atoms with Gasteiger partial charge >= 0.3 is 0 Å². The number of amides is 2. The first-order valence-corrected chi connectivity index (χ1v) is 7.46. The molecule has 23 heavy (non-hydrogen) atoms. The number of carbonyl (C=O) groups is 2. The van der Waals surface area contributed by atoms with Gasteiger partial charge < -0.3 is 5.11 Å². The van der Waals surface area contributed by atoms with E-state index in [1.165, 1.54) is 24.3 Å². The van der Waals surface area contributed by atoms with Gasteiger partial charge in [0.15, 0.2) is 6.23 Å². The lowest BCUT2D eigenvalue weighted by atomic mass is 9.85. The van der Waals surface area contributed by atoms with E-state index in [-0.39, 0.29) is 46.7 Å². The van der Waals surface area contributed by atoms with Crippen LogP contribution in [0.1, 0.15) is 18.2 Å². The zero-order valence-electron chi connectivity index (χ0n) is 12.0. The molecule has 2 aliphatic carbocycles. The molecule has 1 heterocycles. The summed E-state index contributed by atoms with van der Waals surface area (Å²) < 4.78 is 0. The third kappa shape index (κ3) is 1.86. The Labute approximate surface area is 131 Å². The predicted octanol–water partition coefficient (Wildman–Crippen LogP) is 1.39. The van der Waals surface area contributed by atoms with Gasteiger partial charge in [0.1, 0.15) is 0 Å². The molecule has 0 spiro atoms. The topological polar surface area (TPSA) is 101 Å². The molecule has 5 unspecified atom stereocenters. The number of nitro benzene ring substituents is 1. The van der Waals surface area contributed by atoms with Crippen molar-refractivity contribution in [2.24, 2.45) is 23.7 Å². The summed E-state index contributed by atoms with van der Waals surface area (Å²) in [6, 6.07) is 5.22. The van der Waals surface area contributed by atoms with E-state index in [0.29, 0.717) is 0 Å². The molecule has 118 valence electrons. The zero-order chi connectivity index (χ0) is 16.3. The Morgan fingerprint density at radius 3 is 2.09 bits per heavy atom. The Morgan fingerprint density at radius 1 is 1.09 bits per heavy atom. The summed E-state index contributed by atoms with van der Waals surface area (Å²) in [5.74, 6) is -1.27. The van der Waals surface area contributed by atoms with Gasteiger partial charge in [-0.15, -0.1) is 0 Å². The maximum Gasteiger partial charge on any atom is 0.269 e. The minimum Gasteiger partial charge on any atom is -0.369 e. The van der Waals surface area contributed by atoms with E-state index in [0.717, 1.165) is 11.3 Å². The summed E-state index contributed by atoms with van der Waals surface area (Å²) >= 11 is 0. The van der Waals surface area contributed by atoms with Crippen LogP contribution in [0.2, 0.25) is 0 Å². The Bertz CT molecular complexity index is 711. The second-order valence-corrected chi connectivity index (χ2v) is 6.27. The van der Waals surface area contributed by atoms with Crippen molar-refractivity contribution in [3.63, 3.8) is 0 Å². The molecule has 1 N–H and O–H groups in total. The highest BCUT2D eigenvalue weighted by atomic mass is 16.6. The average Bonchev–Trinajstić information content (AvgIpc) is 3.21. The summed E-state index contributed by atoms with van der Waals surface area (Å²) in [5, 5.41) is 21.1. The lowest BCUT2D eigenvalue weighted by Gasteiger charge is -2.23. The van der Waals surface area contributed by atoms with Crippen LogP contribution in [0, 0.1) is 33.8 Å². The van der Waals surface area contributed by atoms with Crippen LogP contribution in [0.4, 0.5) is 5.69 Å². The number of aliphatic hydroxyl groups excluding tert-OH is 1. The maximum absolute atomic E-state index is 12.6. The Hall–Kier alpha value is -2.54. The summed E-state index contributed by atoms with van der Waals surface area (Å²) in [6.45, 7) is 0. The zero-order valence-corrected chi connectivity index (χ0v) is 12.0. The summed E-state index contributed by atoms with van der Waals surface area (Å²) in [5.41, 5.74) is 0.178. The van der Waals surface area contributed by atoms with Crippen molar-refractivity contribution < 1.29 is 19.6 Å². The second kappa shape index (κ2) is 4.73. The number of allylic oxidation sites excluding steroid dienone is 2. The van der Waals surface area contributed by atoms with Crippen LogP contribution in [-0.4, -0.2) is 26.7 Å². The number of nitro groups is 1. The van der Waals surface area contributed by atoms with E-state index >= 15 is 0 Å². The molecule has 2 bridgehead atoms. The number of benzene rings is 1. The molecule has 2 amide bonds. The van der Waals surface area contributed by atoms with Crippen LogP contribution in [0.3, 0.4) is 0 Å². The van der Waals surface area contributed by atoms with Crippen molar-refractivity contribution in [1.29, 1.82) is 0 Å². The molecule has 4 rings (SSSR count). The van der Waals surface area contributed by atoms with E-state index in [9.17, 15) is 24.8 Å². The van der Waals surface area contributed by atoms with E-state index in [1.807, 2.05) is 12.2 Å². The lowest BCUT2D eigenvalue weighted by molar-refractivity contribution is -0.384. The van der Waals surface area contributed by atoms with Crippen molar-refractivity contribution in [3.8, 4) is 0 Å². The van der Waals surface area contributed by atoms with Crippen molar-refractivity contribution in [2.75, 3.05) is 0 Å². The molecule has 0 aromatic heterocycles. The average molecular weight is 314 g/mol. The molecular formula is C16H14N2O5. The monoisotopic (exact) mass is 314 g/mol. The van der Waals surface area contributed by atoms with Gasteiger partial charge in [-0.05, 0) is 30.4 Å². The first kappa shape index (κ1) is 14.1. The van der Waals surface area contributed by atoms with Crippen LogP contribution >= 0.6 is 0 Å². The largest absolute Gasteiger partial charge is 0.369 e. The van der Waals surface area contributed by atoms with E-state index in [1.54, 1.807) is 0 Å². The van der Waals surface area contributed by atoms with Gasteiger partial charge in [0.25, 0.3) is 5.69 Å². The summed E-state index contributed by atoms with van der Waals surface area (Å²) in [7, 11) is 0. The number of aliphatic hydroxyl groups is 1. The summed E-state index contributed by atoms with van der Waals surface area (Å²) in [4.78, 5) is 36.2. The van der Waals surface area contributed by atoms with E-state index in [4.69, 9.17) is 0 Å². The lowest BCUT2D eigenvalue weighted by Crippen LogP contribution is -2.36. The standard InChI is InChI=1S/C16H14N2O5/c19-14(8-3-5-11(6-4-8)18(22)23)17-15(20)12-9-1-2-10(7-9)13(12)16(17)21/h1-6,9-10,12-14,19H,7H2. The molecule has 1 aromatic carbocycles. The van der Waals surface area contributed by atoms with E-state index in [2.05, 4.69) is 0 Å². The molecule has 0 radical (unpaired) electrons. The van der Waals surface area contributed by atoms with Crippen LogP contribution in [0.15, 0.2) is 36.4 Å². The number of hydrogen-bond acceptors (Lipinski definition) is 5. The second-order valence-electron chi connectivity index (χ2n) is 6.27. The van der Waals surface area contributed by atoms with Crippen LogP contribution < -0.4 is 0 Å². The molecule has 3 aliphatic rings. The Morgan fingerprint density at radius 2 is 1.61 bits per heavy atom. The minimum atomic E-state index is -1.40. The molecular weight excluding hydrogens is 300 g/mol. The summed E-state index contributed by atoms with van der Waals surface area (Å²) in [6.07, 6.45) is 3.40. The molecule has 1 saturated carbocycles. The molecule has 7 nitrogen and oxygen atoms in total. The number of likely N-dealkylation sites (tertiary alicyclic amines) is 1. The normalized spacial score (nSPS) is 32.5. The van der Waals surface area contributed by atoms with Crippen LogP contribution in [-0.2, 0) is 9.59 Å². The van der Waals surface area contributed by atoms with E-state index < -0.39 is 11.2 Å². The van der Waals surface area contributed by atoms with Gasteiger partial charge in [-0.2, -0.15) is 0 Å². The van der Waals surface area contributed by atoms with Crippen molar-refractivity contribution in [3.05, 3.63) is 52.1 Å². The van der Waals surface area contributed by atoms with Gasteiger partial charge in [-0.25, -0.2) is 0 Å². The third-order valence-electron chi connectivity index (χ3n) is 5.15. The van der Waals surface area contributed by atoms with Crippen molar-refractivity contribution in [1.82, 2.24) is 4.90 Å². The molecule has 1 saturated heterocycles. The fourth-order valence-corrected chi connectivity index (χ4v) is 4.08. The van der Waals surface area contributed by atoms with Crippen molar-refractivity contribution in [2.45, 2.75) is 12.6 Å². The number of hydrogen-bond donors (Lipinski definition) is 1. The highest BCUT2D eigenvalue weighted by Gasteiger charge is 2.60. The number of imide groups is 1. The molecule has 2 fully saturated rings. The number of carbonyl (C=O) groups excluding carboxylic acids is 2. The third-order valence-corrected chi connectivity index (χ3v) is 5.15. The Kier molecular flexibility index (Phi) is 2.89. The molecule has 7 heteroatoms. The highest BCUT2D eigenvalue weighted by Crippen LogP contribution is 2.53. The van der Waals surface area contributed by atoms with Crippen LogP contribution in [0.5, 0.6) is 0 Å². The van der Waals surface area contributed by atoms with Crippen LogP contribution in [0.25, 0.3) is 0 Å². The minimum absolute atomic E-state index is 0.0792. The number of rotatable bonds is 3. The van der Waals surface area contributed by atoms with Gasteiger partial charge in [0.05, 0.1) is 16.8 Å². The quantitative estimate of drug-likeness (QED) is 0.393. The first-order chi connectivity index (χ1) is 11.0. The number of non-ortho nitro benzene ring substituents is 1. The van der Waals surface area contributed by atoms with Gasteiger partial charge in [-0.3, -0.25) is 24.6 Å².